The predicted molar refractivity (Wildman–Crippen MR) is 113 cm³/mol. The van der Waals surface area contributed by atoms with Crippen LogP contribution in [-0.4, -0.2) is 44.0 Å². The van der Waals surface area contributed by atoms with E-state index in [0.29, 0.717) is 22.5 Å². The second-order valence-electron chi connectivity index (χ2n) is 7.59. The zero-order valence-electron chi connectivity index (χ0n) is 16.2. The molecule has 4 rings (SSSR count). The Bertz CT molecular complexity index is 1010. The lowest BCUT2D eigenvalue weighted by Gasteiger charge is -2.16. The number of hydrogen-bond acceptors (Lipinski definition) is 7. The van der Waals surface area contributed by atoms with Gasteiger partial charge in [0.05, 0.1) is 11.9 Å². The van der Waals surface area contributed by atoms with Crippen LogP contribution in [0.4, 0.5) is 5.82 Å². The summed E-state index contributed by atoms with van der Waals surface area (Å²) in [4.78, 5) is 19.5. The highest BCUT2D eigenvalue weighted by atomic mass is 35.5. The molecule has 8 nitrogen and oxygen atoms in total. The molecule has 1 aliphatic heterocycles. The van der Waals surface area contributed by atoms with Crippen molar-refractivity contribution in [3.05, 3.63) is 40.3 Å². The number of carbonyl (C=O) groups is 1. The summed E-state index contributed by atoms with van der Waals surface area (Å²) in [7, 11) is 0. The molecule has 0 bridgehead atoms. The fraction of sp³-hybridized carbons (Fsp3) is 0.421. The summed E-state index contributed by atoms with van der Waals surface area (Å²) in [5.74, 6) is 0.924. The third-order valence-electron chi connectivity index (χ3n) is 4.83. The van der Waals surface area contributed by atoms with Gasteiger partial charge in [0, 0.05) is 37.3 Å². The molecule has 1 unspecified atom stereocenters. The molecule has 2 N–H and O–H groups in total. The SMILES string of the molecule is CC(C)Cn1cc(-c2nc(C3CCN(c4ccc(Cl)nn4)C3)c(C(N)=O)s2)cn1. The Morgan fingerprint density at radius 3 is 2.90 bits per heavy atom. The second kappa shape index (κ2) is 8.08. The highest BCUT2D eigenvalue weighted by molar-refractivity contribution is 7.17. The minimum Gasteiger partial charge on any atom is -0.365 e. The lowest BCUT2D eigenvalue weighted by Crippen LogP contribution is -2.21. The standard InChI is InChI=1S/C19H22ClN7OS/c1-11(2)8-27-10-13(7-22-27)19-23-16(17(29-19)18(21)28)12-5-6-26(9-12)15-4-3-14(20)24-25-15/h3-4,7,10-12H,5-6,8-9H2,1-2H3,(H2,21,28). The fourth-order valence-corrected chi connectivity index (χ4v) is 4.60. The van der Waals surface area contributed by atoms with Gasteiger partial charge in [-0.15, -0.1) is 21.5 Å². The molecule has 3 aromatic rings. The summed E-state index contributed by atoms with van der Waals surface area (Å²) in [6, 6.07) is 3.57. The van der Waals surface area contributed by atoms with Crippen molar-refractivity contribution in [2.75, 3.05) is 18.0 Å². The zero-order chi connectivity index (χ0) is 20.5. The topological polar surface area (TPSA) is 103 Å². The van der Waals surface area contributed by atoms with E-state index >= 15 is 0 Å². The number of primary amides is 1. The molecule has 0 aliphatic carbocycles. The first-order chi connectivity index (χ1) is 13.9. The van der Waals surface area contributed by atoms with Gasteiger partial charge in [0.15, 0.2) is 11.0 Å². The van der Waals surface area contributed by atoms with Crippen molar-refractivity contribution in [3.63, 3.8) is 0 Å². The Kier molecular flexibility index (Phi) is 5.51. The van der Waals surface area contributed by atoms with E-state index in [2.05, 4.69) is 34.0 Å². The van der Waals surface area contributed by atoms with Crippen molar-refractivity contribution < 1.29 is 4.79 Å². The summed E-state index contributed by atoms with van der Waals surface area (Å²) < 4.78 is 1.90. The molecule has 3 aromatic heterocycles. The average molecular weight is 432 g/mol. The van der Waals surface area contributed by atoms with Crippen LogP contribution in [-0.2, 0) is 6.54 Å². The van der Waals surface area contributed by atoms with Crippen molar-refractivity contribution >= 4 is 34.7 Å². The average Bonchev–Trinajstić information content (AvgIpc) is 3.40. The Labute approximate surface area is 177 Å². The van der Waals surface area contributed by atoms with Gasteiger partial charge in [0.1, 0.15) is 9.88 Å². The third-order valence-corrected chi connectivity index (χ3v) is 6.16. The summed E-state index contributed by atoms with van der Waals surface area (Å²) >= 11 is 7.17. The van der Waals surface area contributed by atoms with Crippen molar-refractivity contribution in [2.45, 2.75) is 32.7 Å². The number of amides is 1. The highest BCUT2D eigenvalue weighted by Crippen LogP contribution is 2.36. The summed E-state index contributed by atoms with van der Waals surface area (Å²) in [5.41, 5.74) is 7.34. The number of hydrogen-bond donors (Lipinski definition) is 1. The largest absolute Gasteiger partial charge is 0.365 e. The molecule has 1 fully saturated rings. The molecule has 0 aromatic carbocycles. The smallest absolute Gasteiger partial charge is 0.260 e. The number of anilines is 1. The van der Waals surface area contributed by atoms with E-state index in [1.165, 1.54) is 11.3 Å². The molecule has 1 saturated heterocycles. The molecule has 0 saturated carbocycles. The van der Waals surface area contributed by atoms with Crippen LogP contribution in [0.2, 0.25) is 5.15 Å². The molecule has 1 amide bonds. The van der Waals surface area contributed by atoms with Crippen molar-refractivity contribution in [2.24, 2.45) is 11.7 Å². The quantitative estimate of drug-likeness (QED) is 0.642. The third kappa shape index (κ3) is 4.25. The van der Waals surface area contributed by atoms with Crippen LogP contribution in [0.15, 0.2) is 24.5 Å². The first kappa shape index (κ1) is 19.8. The number of halogens is 1. The molecule has 152 valence electrons. The minimum absolute atomic E-state index is 0.102. The maximum absolute atomic E-state index is 12.1. The second-order valence-corrected chi connectivity index (χ2v) is 8.97. The molecule has 1 aliphatic rings. The van der Waals surface area contributed by atoms with Gasteiger partial charge in [-0.2, -0.15) is 5.10 Å². The van der Waals surface area contributed by atoms with Crippen LogP contribution in [0.1, 0.15) is 41.6 Å². The number of nitrogens with two attached hydrogens (primary N) is 1. The Balaban J connectivity index is 1.58. The summed E-state index contributed by atoms with van der Waals surface area (Å²) in [6.07, 6.45) is 4.62. The normalized spacial score (nSPS) is 16.7. The number of carbonyl (C=O) groups excluding carboxylic acids is 1. The first-order valence-corrected chi connectivity index (χ1v) is 10.7. The van der Waals surface area contributed by atoms with Crippen LogP contribution >= 0.6 is 22.9 Å². The van der Waals surface area contributed by atoms with Gasteiger partial charge in [-0.25, -0.2) is 4.98 Å². The molecule has 4 heterocycles. The number of rotatable bonds is 6. The van der Waals surface area contributed by atoms with Crippen LogP contribution in [0.3, 0.4) is 0 Å². The molecular weight excluding hydrogens is 410 g/mol. The van der Waals surface area contributed by atoms with Gasteiger partial charge in [-0.05, 0) is 24.5 Å². The van der Waals surface area contributed by atoms with Crippen LogP contribution in [0, 0.1) is 5.92 Å². The van der Waals surface area contributed by atoms with Gasteiger partial charge in [-0.3, -0.25) is 9.48 Å². The molecule has 1 atom stereocenters. The van der Waals surface area contributed by atoms with Gasteiger partial charge in [0.25, 0.3) is 5.91 Å². The molecule has 29 heavy (non-hydrogen) atoms. The lowest BCUT2D eigenvalue weighted by atomic mass is 10.0. The number of aromatic nitrogens is 5. The zero-order valence-corrected chi connectivity index (χ0v) is 17.8. The molecule has 10 heteroatoms. The number of nitrogens with zero attached hydrogens (tertiary/aromatic N) is 6. The monoisotopic (exact) mass is 431 g/mol. The Hall–Kier alpha value is -2.52. The van der Waals surface area contributed by atoms with E-state index in [1.54, 1.807) is 12.3 Å². The van der Waals surface area contributed by atoms with E-state index in [4.69, 9.17) is 22.3 Å². The predicted octanol–water partition coefficient (Wildman–Crippen LogP) is 3.20. The van der Waals surface area contributed by atoms with Gasteiger partial charge < -0.3 is 10.6 Å². The van der Waals surface area contributed by atoms with Crippen molar-refractivity contribution in [3.8, 4) is 10.6 Å². The van der Waals surface area contributed by atoms with E-state index < -0.39 is 5.91 Å². The molecule has 0 spiro atoms. The molecular formula is C19H22ClN7OS. The molecule has 0 radical (unpaired) electrons. The van der Waals surface area contributed by atoms with Gasteiger partial charge in [-0.1, -0.05) is 25.4 Å². The van der Waals surface area contributed by atoms with E-state index in [9.17, 15) is 4.79 Å². The summed E-state index contributed by atoms with van der Waals surface area (Å²) in [6.45, 7) is 6.63. The van der Waals surface area contributed by atoms with Crippen LogP contribution in [0.5, 0.6) is 0 Å². The van der Waals surface area contributed by atoms with Gasteiger partial charge in [0.2, 0.25) is 0 Å². The van der Waals surface area contributed by atoms with E-state index in [-0.39, 0.29) is 5.92 Å². The minimum atomic E-state index is -0.442. The summed E-state index contributed by atoms with van der Waals surface area (Å²) in [5, 5.41) is 13.6. The first-order valence-electron chi connectivity index (χ1n) is 9.48. The van der Waals surface area contributed by atoms with E-state index in [0.717, 1.165) is 41.6 Å². The highest BCUT2D eigenvalue weighted by Gasteiger charge is 2.31. The maximum atomic E-state index is 12.1. The van der Waals surface area contributed by atoms with Gasteiger partial charge >= 0.3 is 0 Å². The lowest BCUT2D eigenvalue weighted by molar-refractivity contribution is 0.100. The maximum Gasteiger partial charge on any atom is 0.260 e. The van der Waals surface area contributed by atoms with E-state index in [1.807, 2.05) is 16.9 Å². The fourth-order valence-electron chi connectivity index (χ4n) is 3.53. The van der Waals surface area contributed by atoms with Crippen LogP contribution in [0.25, 0.3) is 10.6 Å². The Morgan fingerprint density at radius 2 is 2.21 bits per heavy atom. The Morgan fingerprint density at radius 1 is 1.38 bits per heavy atom. The van der Waals surface area contributed by atoms with Crippen LogP contribution < -0.4 is 10.6 Å². The number of thiazole rings is 1. The van der Waals surface area contributed by atoms with Crippen molar-refractivity contribution in [1.29, 1.82) is 0 Å². The van der Waals surface area contributed by atoms with Crippen molar-refractivity contribution in [1.82, 2.24) is 25.0 Å².